The Morgan fingerprint density at radius 1 is 1.36 bits per heavy atom. The third-order valence-corrected chi connectivity index (χ3v) is 3.03. The lowest BCUT2D eigenvalue weighted by atomic mass is 10.1. The van der Waals surface area contributed by atoms with Crippen molar-refractivity contribution in [2.75, 3.05) is 18.8 Å². The highest BCUT2D eigenvalue weighted by atomic mass is 35.5. The predicted molar refractivity (Wildman–Crippen MR) is 76.1 cm³/mol. The monoisotopic (exact) mass is 340 g/mol. The molecule has 0 saturated carbocycles. The van der Waals surface area contributed by atoms with Gasteiger partial charge in [-0.05, 0) is 44.1 Å². The first-order valence-electron chi connectivity index (χ1n) is 6.42. The van der Waals surface area contributed by atoms with Gasteiger partial charge in [0.15, 0.2) is 0 Å². The van der Waals surface area contributed by atoms with Crippen LogP contribution in [-0.2, 0) is 4.79 Å². The Labute approximate surface area is 130 Å². The van der Waals surface area contributed by atoms with Crippen LogP contribution in [0.15, 0.2) is 18.2 Å². The normalized spacial score (nSPS) is 15.6. The van der Waals surface area contributed by atoms with E-state index in [-0.39, 0.29) is 6.10 Å². The summed E-state index contributed by atoms with van der Waals surface area (Å²) >= 11 is 5.81. The summed E-state index contributed by atoms with van der Waals surface area (Å²) in [6.07, 6.45) is -2.75. The molecule has 1 aliphatic rings. The number of halogens is 4. The maximum Gasteiger partial charge on any atom is 0.490 e. The lowest BCUT2D eigenvalue weighted by Gasteiger charge is -2.24. The molecule has 1 fully saturated rings. The second kappa shape index (κ2) is 8.09. The topological polar surface area (TPSA) is 84.6 Å². The molecular weight excluding hydrogens is 325 g/mol. The smallest absolute Gasteiger partial charge is 0.488 e. The molecule has 1 aromatic rings. The molecule has 0 aliphatic carbocycles. The van der Waals surface area contributed by atoms with Crippen LogP contribution in [0.4, 0.5) is 18.9 Å². The number of carbonyl (C=O) groups is 1. The second-order valence-electron chi connectivity index (χ2n) is 4.55. The number of rotatable bonds is 2. The molecule has 0 spiro atoms. The molecule has 1 aliphatic heterocycles. The number of nitrogen functional groups attached to an aromatic ring is 1. The summed E-state index contributed by atoms with van der Waals surface area (Å²) in [6.45, 7) is 2.02. The summed E-state index contributed by atoms with van der Waals surface area (Å²) in [5.74, 6) is -2.01. The molecule has 4 N–H and O–H groups in total. The van der Waals surface area contributed by atoms with E-state index in [1.54, 1.807) is 12.1 Å². The fourth-order valence-electron chi connectivity index (χ4n) is 1.72. The third kappa shape index (κ3) is 6.40. The van der Waals surface area contributed by atoms with Crippen LogP contribution in [0.5, 0.6) is 5.75 Å². The Morgan fingerprint density at radius 3 is 2.36 bits per heavy atom. The Morgan fingerprint density at radius 2 is 1.91 bits per heavy atom. The number of nitrogens with one attached hydrogen (secondary N) is 1. The van der Waals surface area contributed by atoms with Crippen molar-refractivity contribution in [1.82, 2.24) is 5.32 Å². The summed E-state index contributed by atoms with van der Waals surface area (Å²) in [7, 11) is 0. The van der Waals surface area contributed by atoms with E-state index in [2.05, 4.69) is 5.32 Å². The van der Waals surface area contributed by atoms with Crippen LogP contribution in [-0.4, -0.2) is 36.4 Å². The van der Waals surface area contributed by atoms with Gasteiger partial charge in [0.25, 0.3) is 0 Å². The van der Waals surface area contributed by atoms with Gasteiger partial charge in [-0.15, -0.1) is 0 Å². The van der Waals surface area contributed by atoms with Crippen molar-refractivity contribution >= 4 is 23.3 Å². The maximum absolute atomic E-state index is 10.6. The first kappa shape index (κ1) is 18.4. The van der Waals surface area contributed by atoms with E-state index in [1.807, 2.05) is 6.07 Å². The zero-order valence-electron chi connectivity index (χ0n) is 11.5. The Balaban J connectivity index is 0.000000295. The Kier molecular flexibility index (Phi) is 6.76. The van der Waals surface area contributed by atoms with Crippen LogP contribution in [0.25, 0.3) is 0 Å². The van der Waals surface area contributed by atoms with Crippen LogP contribution < -0.4 is 15.8 Å². The van der Waals surface area contributed by atoms with Crippen LogP contribution in [0.3, 0.4) is 0 Å². The zero-order valence-corrected chi connectivity index (χ0v) is 12.2. The standard InChI is InChI=1S/C11H15ClN2O.C2HF3O2/c12-8-1-2-11(10(13)7-8)15-9-3-5-14-6-4-9;3-2(4,5)1(6)7/h1-2,7,9,14H,3-6,13H2;(H,6,7). The number of hydrogen-bond acceptors (Lipinski definition) is 4. The summed E-state index contributed by atoms with van der Waals surface area (Å²) in [5, 5.41) is 11.1. The van der Waals surface area contributed by atoms with Gasteiger partial charge >= 0.3 is 12.1 Å². The van der Waals surface area contributed by atoms with E-state index in [9.17, 15) is 13.2 Å². The van der Waals surface area contributed by atoms with Gasteiger partial charge in [0, 0.05) is 5.02 Å². The first-order chi connectivity index (χ1) is 10.2. The molecule has 5 nitrogen and oxygen atoms in total. The van der Waals surface area contributed by atoms with Crippen molar-refractivity contribution in [3.05, 3.63) is 23.2 Å². The summed E-state index contributed by atoms with van der Waals surface area (Å²) in [5.41, 5.74) is 6.43. The number of aliphatic carboxylic acids is 1. The lowest BCUT2D eigenvalue weighted by Crippen LogP contribution is -2.34. The molecule has 2 rings (SSSR count). The van der Waals surface area contributed by atoms with Crippen LogP contribution in [0.2, 0.25) is 5.02 Å². The van der Waals surface area contributed by atoms with Gasteiger partial charge < -0.3 is 20.9 Å². The molecule has 9 heteroatoms. The SMILES string of the molecule is Nc1cc(Cl)ccc1OC1CCNCC1.O=C(O)C(F)(F)F. The van der Waals surface area contributed by atoms with Crippen LogP contribution in [0.1, 0.15) is 12.8 Å². The number of benzene rings is 1. The third-order valence-electron chi connectivity index (χ3n) is 2.79. The molecule has 0 amide bonds. The number of anilines is 1. The van der Waals surface area contributed by atoms with Crippen LogP contribution >= 0.6 is 11.6 Å². The van der Waals surface area contributed by atoms with Crippen molar-refractivity contribution < 1.29 is 27.8 Å². The summed E-state index contributed by atoms with van der Waals surface area (Å²) < 4.78 is 37.6. The number of carboxylic acids is 1. The lowest BCUT2D eigenvalue weighted by molar-refractivity contribution is -0.192. The van der Waals surface area contributed by atoms with E-state index in [4.69, 9.17) is 32.0 Å². The molecule has 0 unspecified atom stereocenters. The van der Waals surface area contributed by atoms with Crippen molar-refractivity contribution in [1.29, 1.82) is 0 Å². The number of nitrogens with two attached hydrogens (primary N) is 1. The first-order valence-corrected chi connectivity index (χ1v) is 6.80. The van der Waals surface area contributed by atoms with Gasteiger partial charge in [0.2, 0.25) is 0 Å². The quantitative estimate of drug-likeness (QED) is 0.721. The molecule has 22 heavy (non-hydrogen) atoms. The predicted octanol–water partition coefficient (Wildman–Crippen LogP) is 2.69. The number of carboxylic acid groups (broad SMARTS) is 1. The fourth-order valence-corrected chi connectivity index (χ4v) is 1.90. The van der Waals surface area contributed by atoms with Crippen molar-refractivity contribution in [3.8, 4) is 5.75 Å². The molecule has 0 bridgehead atoms. The molecule has 0 radical (unpaired) electrons. The van der Waals surface area contributed by atoms with E-state index < -0.39 is 12.1 Å². The molecule has 1 saturated heterocycles. The zero-order chi connectivity index (χ0) is 16.8. The molecule has 0 aromatic heterocycles. The highest BCUT2D eigenvalue weighted by molar-refractivity contribution is 6.30. The van der Waals surface area contributed by atoms with Gasteiger partial charge in [-0.25, -0.2) is 4.79 Å². The number of ether oxygens (including phenoxy) is 1. The van der Waals surface area contributed by atoms with E-state index in [0.717, 1.165) is 31.7 Å². The number of piperidine rings is 1. The largest absolute Gasteiger partial charge is 0.490 e. The van der Waals surface area contributed by atoms with Crippen LogP contribution in [0, 0.1) is 0 Å². The molecular formula is C13H16ClF3N2O3. The molecule has 124 valence electrons. The Bertz CT molecular complexity index is 506. The number of hydrogen-bond donors (Lipinski definition) is 3. The minimum atomic E-state index is -5.08. The van der Waals surface area contributed by atoms with E-state index in [1.165, 1.54) is 0 Å². The van der Waals surface area contributed by atoms with E-state index in [0.29, 0.717) is 10.7 Å². The minimum Gasteiger partial charge on any atom is -0.488 e. The van der Waals surface area contributed by atoms with Gasteiger partial charge in [-0.2, -0.15) is 13.2 Å². The molecule has 1 heterocycles. The van der Waals surface area contributed by atoms with Gasteiger partial charge in [-0.3, -0.25) is 0 Å². The molecule has 0 atom stereocenters. The fraction of sp³-hybridized carbons (Fsp3) is 0.462. The van der Waals surface area contributed by atoms with Gasteiger partial charge in [0.1, 0.15) is 11.9 Å². The van der Waals surface area contributed by atoms with Crippen molar-refractivity contribution in [3.63, 3.8) is 0 Å². The highest BCUT2D eigenvalue weighted by Crippen LogP contribution is 2.27. The van der Waals surface area contributed by atoms with Crippen molar-refractivity contribution in [2.45, 2.75) is 25.1 Å². The molecule has 1 aromatic carbocycles. The van der Waals surface area contributed by atoms with Gasteiger partial charge in [-0.1, -0.05) is 11.6 Å². The van der Waals surface area contributed by atoms with E-state index >= 15 is 0 Å². The average molecular weight is 341 g/mol. The average Bonchev–Trinajstić information content (AvgIpc) is 2.43. The summed E-state index contributed by atoms with van der Waals surface area (Å²) in [4.78, 5) is 8.90. The minimum absolute atomic E-state index is 0.273. The summed E-state index contributed by atoms with van der Waals surface area (Å²) in [6, 6.07) is 5.35. The second-order valence-corrected chi connectivity index (χ2v) is 4.99. The Hall–Kier alpha value is -1.67. The van der Waals surface area contributed by atoms with Crippen molar-refractivity contribution in [2.24, 2.45) is 0 Å². The van der Waals surface area contributed by atoms with Gasteiger partial charge in [0.05, 0.1) is 5.69 Å². The maximum atomic E-state index is 10.6. The number of alkyl halides is 3. The highest BCUT2D eigenvalue weighted by Gasteiger charge is 2.38.